The van der Waals surface area contributed by atoms with E-state index in [1.165, 1.54) is 0 Å². The molecule has 20 heavy (non-hydrogen) atoms. The van der Waals surface area contributed by atoms with Gasteiger partial charge in [-0.05, 0) is 12.6 Å². The van der Waals surface area contributed by atoms with Crippen molar-refractivity contribution in [2.75, 3.05) is 13.7 Å². The van der Waals surface area contributed by atoms with Gasteiger partial charge in [-0.25, -0.2) is 0 Å². The van der Waals surface area contributed by atoms with E-state index in [9.17, 15) is 0 Å². The average molecular weight is 275 g/mol. The Bertz CT molecular complexity index is 552. The molecule has 0 radical (unpaired) electrons. The lowest BCUT2D eigenvalue weighted by Gasteiger charge is -2.14. The first-order valence-corrected chi connectivity index (χ1v) is 6.71. The molecule has 5 nitrogen and oxygen atoms in total. The van der Waals surface area contributed by atoms with Crippen LogP contribution in [-0.4, -0.2) is 23.4 Å². The number of nitrogens with one attached hydrogen (secondary N) is 1. The summed E-state index contributed by atoms with van der Waals surface area (Å²) < 4.78 is 13.1. The van der Waals surface area contributed by atoms with Crippen molar-refractivity contribution in [3.05, 3.63) is 41.7 Å². The van der Waals surface area contributed by atoms with Gasteiger partial charge in [-0.15, -0.1) is 0 Å². The number of hydrogen-bond donors (Lipinski definition) is 1. The van der Waals surface area contributed by atoms with E-state index >= 15 is 0 Å². The third-order valence-corrected chi connectivity index (χ3v) is 2.99. The van der Waals surface area contributed by atoms with Crippen molar-refractivity contribution in [2.24, 2.45) is 7.05 Å². The summed E-state index contributed by atoms with van der Waals surface area (Å²) >= 11 is 0. The molecule has 0 bridgehead atoms. The first-order valence-electron chi connectivity index (χ1n) is 6.71. The molecule has 0 amide bonds. The average Bonchev–Trinajstić information content (AvgIpc) is 2.88. The van der Waals surface area contributed by atoms with Gasteiger partial charge in [-0.2, -0.15) is 5.10 Å². The molecular formula is C15H21N3O2. The molecule has 0 atom stereocenters. The molecule has 0 aliphatic heterocycles. The summed E-state index contributed by atoms with van der Waals surface area (Å²) in [7, 11) is 3.55. The fourth-order valence-electron chi connectivity index (χ4n) is 1.99. The van der Waals surface area contributed by atoms with Crippen molar-refractivity contribution in [2.45, 2.75) is 20.1 Å². The van der Waals surface area contributed by atoms with Crippen LogP contribution in [0.4, 0.5) is 0 Å². The SMILES string of the molecule is CCNCc1cccc(OC)c1OCc1cnn(C)c1. The highest BCUT2D eigenvalue weighted by atomic mass is 16.5. The lowest BCUT2D eigenvalue weighted by atomic mass is 10.2. The smallest absolute Gasteiger partial charge is 0.166 e. The zero-order chi connectivity index (χ0) is 14.4. The predicted octanol–water partition coefficient (Wildman–Crippen LogP) is 2.12. The summed E-state index contributed by atoms with van der Waals surface area (Å²) in [6, 6.07) is 5.93. The van der Waals surface area contributed by atoms with E-state index in [1.807, 2.05) is 31.4 Å². The van der Waals surface area contributed by atoms with Gasteiger partial charge in [0.25, 0.3) is 0 Å². The highest BCUT2D eigenvalue weighted by Crippen LogP contribution is 2.31. The van der Waals surface area contributed by atoms with Crippen LogP contribution in [0.1, 0.15) is 18.1 Å². The number of rotatable bonds is 7. The molecule has 0 saturated carbocycles. The molecule has 0 aliphatic rings. The van der Waals surface area contributed by atoms with E-state index in [-0.39, 0.29) is 0 Å². The quantitative estimate of drug-likeness (QED) is 0.841. The zero-order valence-electron chi connectivity index (χ0n) is 12.2. The minimum absolute atomic E-state index is 0.480. The summed E-state index contributed by atoms with van der Waals surface area (Å²) in [4.78, 5) is 0. The number of aromatic nitrogens is 2. The highest BCUT2D eigenvalue weighted by molar-refractivity contribution is 5.46. The predicted molar refractivity (Wildman–Crippen MR) is 77.9 cm³/mol. The molecule has 0 saturated heterocycles. The summed E-state index contributed by atoms with van der Waals surface area (Å²) in [5, 5.41) is 7.44. The molecule has 0 spiro atoms. The molecule has 1 heterocycles. The number of para-hydroxylation sites is 1. The van der Waals surface area contributed by atoms with Crippen LogP contribution in [0.15, 0.2) is 30.6 Å². The van der Waals surface area contributed by atoms with E-state index in [1.54, 1.807) is 18.0 Å². The molecular weight excluding hydrogens is 254 g/mol. The standard InChI is InChI=1S/C15H21N3O2/c1-4-16-9-13-6-5-7-14(19-3)15(13)20-11-12-8-17-18(2)10-12/h5-8,10,16H,4,9,11H2,1-3H3. The minimum atomic E-state index is 0.480. The Morgan fingerprint density at radius 3 is 2.85 bits per heavy atom. The van der Waals surface area contributed by atoms with E-state index in [0.29, 0.717) is 6.61 Å². The van der Waals surface area contributed by atoms with Crippen LogP contribution >= 0.6 is 0 Å². The van der Waals surface area contributed by atoms with Crippen LogP contribution in [0.3, 0.4) is 0 Å². The molecule has 108 valence electrons. The van der Waals surface area contributed by atoms with Gasteiger partial charge in [0.2, 0.25) is 0 Å². The van der Waals surface area contributed by atoms with E-state index in [2.05, 4.69) is 17.3 Å². The Labute approximate surface area is 119 Å². The van der Waals surface area contributed by atoms with Gasteiger partial charge >= 0.3 is 0 Å². The second kappa shape index (κ2) is 6.96. The van der Waals surface area contributed by atoms with Gasteiger partial charge in [0.1, 0.15) is 6.61 Å². The number of benzene rings is 1. The second-order valence-corrected chi connectivity index (χ2v) is 4.54. The van der Waals surface area contributed by atoms with Crippen molar-refractivity contribution in [1.82, 2.24) is 15.1 Å². The van der Waals surface area contributed by atoms with Crippen LogP contribution in [0, 0.1) is 0 Å². The molecule has 0 aliphatic carbocycles. The maximum atomic E-state index is 5.94. The van der Waals surface area contributed by atoms with Gasteiger partial charge in [0, 0.05) is 30.9 Å². The van der Waals surface area contributed by atoms with Crippen LogP contribution < -0.4 is 14.8 Å². The van der Waals surface area contributed by atoms with Crippen molar-refractivity contribution in [3.8, 4) is 11.5 Å². The van der Waals surface area contributed by atoms with Crippen molar-refractivity contribution in [1.29, 1.82) is 0 Å². The lowest BCUT2D eigenvalue weighted by molar-refractivity contribution is 0.280. The van der Waals surface area contributed by atoms with Crippen molar-refractivity contribution >= 4 is 0 Å². The van der Waals surface area contributed by atoms with Gasteiger partial charge in [-0.1, -0.05) is 19.1 Å². The largest absolute Gasteiger partial charge is 0.493 e. The number of nitrogens with zero attached hydrogens (tertiary/aromatic N) is 2. The first-order chi connectivity index (χ1) is 9.74. The van der Waals surface area contributed by atoms with Crippen LogP contribution in [0.5, 0.6) is 11.5 Å². The van der Waals surface area contributed by atoms with E-state index in [0.717, 1.165) is 35.7 Å². The molecule has 0 fully saturated rings. The number of ether oxygens (including phenoxy) is 2. The van der Waals surface area contributed by atoms with E-state index in [4.69, 9.17) is 9.47 Å². The number of hydrogen-bond acceptors (Lipinski definition) is 4. The molecule has 2 aromatic rings. The van der Waals surface area contributed by atoms with Gasteiger partial charge in [0.15, 0.2) is 11.5 Å². The normalized spacial score (nSPS) is 10.6. The molecule has 0 unspecified atom stereocenters. The monoisotopic (exact) mass is 275 g/mol. The topological polar surface area (TPSA) is 48.3 Å². The Morgan fingerprint density at radius 1 is 1.35 bits per heavy atom. The van der Waals surface area contributed by atoms with Crippen LogP contribution in [0.2, 0.25) is 0 Å². The molecule has 1 aromatic heterocycles. The number of aryl methyl sites for hydroxylation is 1. The fraction of sp³-hybridized carbons (Fsp3) is 0.400. The van der Waals surface area contributed by atoms with Crippen LogP contribution in [-0.2, 0) is 20.2 Å². The van der Waals surface area contributed by atoms with Crippen molar-refractivity contribution < 1.29 is 9.47 Å². The maximum Gasteiger partial charge on any atom is 0.166 e. The number of methoxy groups -OCH3 is 1. The third-order valence-electron chi connectivity index (χ3n) is 2.99. The van der Waals surface area contributed by atoms with Gasteiger partial charge in [0.05, 0.1) is 13.3 Å². The molecule has 5 heteroatoms. The Hall–Kier alpha value is -2.01. The van der Waals surface area contributed by atoms with E-state index < -0.39 is 0 Å². The fourth-order valence-corrected chi connectivity index (χ4v) is 1.99. The summed E-state index contributed by atoms with van der Waals surface area (Å²) in [5.41, 5.74) is 2.13. The van der Waals surface area contributed by atoms with Crippen LogP contribution in [0.25, 0.3) is 0 Å². The Kier molecular flexibility index (Phi) is 5.01. The molecule has 2 rings (SSSR count). The minimum Gasteiger partial charge on any atom is -0.493 e. The summed E-state index contributed by atoms with van der Waals surface area (Å²) in [6.07, 6.45) is 3.75. The molecule has 1 N–H and O–H groups in total. The third kappa shape index (κ3) is 3.51. The second-order valence-electron chi connectivity index (χ2n) is 4.54. The Morgan fingerprint density at radius 2 is 2.20 bits per heavy atom. The van der Waals surface area contributed by atoms with Crippen molar-refractivity contribution in [3.63, 3.8) is 0 Å². The Balaban J connectivity index is 2.14. The molecule has 1 aromatic carbocycles. The summed E-state index contributed by atoms with van der Waals surface area (Å²) in [5.74, 6) is 1.55. The van der Waals surface area contributed by atoms with Gasteiger partial charge < -0.3 is 14.8 Å². The zero-order valence-corrected chi connectivity index (χ0v) is 12.2. The lowest BCUT2D eigenvalue weighted by Crippen LogP contribution is -2.13. The maximum absolute atomic E-state index is 5.94. The summed E-state index contributed by atoms with van der Waals surface area (Å²) in [6.45, 7) is 4.24. The first kappa shape index (κ1) is 14.4. The highest BCUT2D eigenvalue weighted by Gasteiger charge is 2.10. The van der Waals surface area contributed by atoms with Gasteiger partial charge in [-0.3, -0.25) is 4.68 Å².